The lowest BCUT2D eigenvalue weighted by atomic mass is 10.2. The second-order valence-corrected chi connectivity index (χ2v) is 4.79. The maximum atomic E-state index is 12.3. The van der Waals surface area contributed by atoms with Crippen LogP contribution in [0.2, 0.25) is 0 Å². The molecule has 2 aromatic heterocycles. The molecule has 0 fully saturated rings. The molecule has 0 spiro atoms. The minimum atomic E-state index is -0.401. The van der Waals surface area contributed by atoms with Crippen LogP contribution in [0.1, 0.15) is 5.56 Å². The lowest BCUT2D eigenvalue weighted by molar-refractivity contribution is -0.116. The molecule has 3 aromatic rings. The number of rotatable bonds is 3. The fourth-order valence-electron chi connectivity index (χ4n) is 2.09. The van der Waals surface area contributed by atoms with E-state index >= 15 is 0 Å². The van der Waals surface area contributed by atoms with Gasteiger partial charge in [0.2, 0.25) is 5.91 Å². The number of hydrogen-bond acceptors (Lipinski definition) is 5. The van der Waals surface area contributed by atoms with E-state index in [2.05, 4.69) is 15.3 Å². The van der Waals surface area contributed by atoms with E-state index in [-0.39, 0.29) is 12.1 Å². The van der Waals surface area contributed by atoms with Crippen molar-refractivity contribution in [2.75, 3.05) is 5.32 Å². The molecular formula is C16H11N5O2. The summed E-state index contributed by atoms with van der Waals surface area (Å²) in [4.78, 5) is 32.4. The van der Waals surface area contributed by atoms with E-state index in [1.807, 2.05) is 6.07 Å². The van der Waals surface area contributed by atoms with E-state index in [1.165, 1.54) is 23.2 Å². The van der Waals surface area contributed by atoms with Gasteiger partial charge >= 0.3 is 0 Å². The largest absolute Gasteiger partial charge is 0.309 e. The Balaban J connectivity index is 1.78. The van der Waals surface area contributed by atoms with Gasteiger partial charge in [0.05, 0.1) is 22.8 Å². The van der Waals surface area contributed by atoms with Crippen molar-refractivity contribution in [1.29, 1.82) is 5.26 Å². The second-order valence-electron chi connectivity index (χ2n) is 4.79. The SMILES string of the molecule is N#Cc1ccc(NC(=O)Cn2cnc3ccccc3c2=O)nc1. The molecule has 23 heavy (non-hydrogen) atoms. The normalized spacial score (nSPS) is 10.2. The Hall–Kier alpha value is -3.53. The highest BCUT2D eigenvalue weighted by molar-refractivity contribution is 5.89. The van der Waals surface area contributed by atoms with Gasteiger partial charge in [-0.1, -0.05) is 12.1 Å². The van der Waals surface area contributed by atoms with Gasteiger partial charge in [0, 0.05) is 6.20 Å². The Bertz CT molecular complexity index is 970. The molecule has 3 rings (SSSR count). The molecule has 2 heterocycles. The van der Waals surface area contributed by atoms with Crippen LogP contribution in [0.25, 0.3) is 10.9 Å². The van der Waals surface area contributed by atoms with Gasteiger partial charge in [-0.25, -0.2) is 9.97 Å². The minimum absolute atomic E-state index is 0.168. The number of nitriles is 1. The summed E-state index contributed by atoms with van der Waals surface area (Å²) in [5.74, 6) is -0.0859. The second kappa shape index (κ2) is 6.07. The summed E-state index contributed by atoms with van der Waals surface area (Å²) >= 11 is 0. The Morgan fingerprint density at radius 1 is 1.22 bits per heavy atom. The number of carbonyl (C=O) groups is 1. The molecule has 0 unspecified atom stereocenters. The molecule has 0 bridgehead atoms. The first-order valence-electron chi connectivity index (χ1n) is 6.77. The van der Waals surface area contributed by atoms with Crippen LogP contribution in [-0.2, 0) is 11.3 Å². The van der Waals surface area contributed by atoms with Crippen molar-refractivity contribution in [2.45, 2.75) is 6.54 Å². The number of nitrogens with zero attached hydrogens (tertiary/aromatic N) is 4. The zero-order valence-corrected chi connectivity index (χ0v) is 11.9. The van der Waals surface area contributed by atoms with Gasteiger partial charge in [0.15, 0.2) is 0 Å². The molecule has 1 amide bonds. The molecule has 0 atom stereocenters. The van der Waals surface area contributed by atoms with Crippen LogP contribution < -0.4 is 10.9 Å². The van der Waals surface area contributed by atoms with Crippen LogP contribution in [0.15, 0.2) is 53.7 Å². The Morgan fingerprint density at radius 2 is 2.04 bits per heavy atom. The Labute approximate surface area is 130 Å². The maximum Gasteiger partial charge on any atom is 0.261 e. The van der Waals surface area contributed by atoms with Crippen LogP contribution in [-0.4, -0.2) is 20.4 Å². The fraction of sp³-hybridized carbons (Fsp3) is 0.0625. The highest BCUT2D eigenvalue weighted by Crippen LogP contribution is 2.06. The van der Waals surface area contributed by atoms with Gasteiger partial charge in [-0.3, -0.25) is 14.2 Å². The van der Waals surface area contributed by atoms with E-state index in [1.54, 1.807) is 30.3 Å². The number of benzene rings is 1. The van der Waals surface area contributed by atoms with E-state index < -0.39 is 5.91 Å². The molecule has 0 saturated heterocycles. The molecule has 0 radical (unpaired) electrons. The van der Waals surface area contributed by atoms with Gasteiger partial charge in [-0.05, 0) is 24.3 Å². The summed E-state index contributed by atoms with van der Waals surface area (Å²) in [6.45, 7) is -0.168. The summed E-state index contributed by atoms with van der Waals surface area (Å²) < 4.78 is 1.24. The number of fused-ring (bicyclic) bond motifs is 1. The van der Waals surface area contributed by atoms with Gasteiger partial charge in [0.25, 0.3) is 5.56 Å². The molecule has 0 saturated carbocycles. The monoisotopic (exact) mass is 305 g/mol. The lowest BCUT2D eigenvalue weighted by Crippen LogP contribution is -2.28. The number of amides is 1. The van der Waals surface area contributed by atoms with Crippen LogP contribution in [0, 0.1) is 11.3 Å². The molecule has 7 nitrogen and oxygen atoms in total. The standard InChI is InChI=1S/C16H11N5O2/c17-7-11-5-6-14(18-8-11)20-15(22)9-21-10-19-13-4-2-1-3-12(13)16(21)23/h1-6,8,10H,9H2,(H,18,20,22). The molecule has 112 valence electrons. The molecule has 0 aliphatic heterocycles. The third-order valence-corrected chi connectivity index (χ3v) is 3.21. The zero-order valence-electron chi connectivity index (χ0n) is 11.9. The third kappa shape index (κ3) is 3.06. The zero-order chi connectivity index (χ0) is 16.2. The first-order chi connectivity index (χ1) is 11.2. The lowest BCUT2D eigenvalue weighted by Gasteiger charge is -2.07. The van der Waals surface area contributed by atoms with Crippen molar-refractivity contribution in [1.82, 2.24) is 14.5 Å². The average molecular weight is 305 g/mol. The topological polar surface area (TPSA) is 101 Å². The molecule has 1 N–H and O–H groups in total. The van der Waals surface area contributed by atoms with Crippen molar-refractivity contribution in [3.8, 4) is 6.07 Å². The summed E-state index contributed by atoms with van der Waals surface area (Å²) in [5, 5.41) is 11.7. The van der Waals surface area contributed by atoms with Crippen molar-refractivity contribution < 1.29 is 4.79 Å². The third-order valence-electron chi connectivity index (χ3n) is 3.21. The number of pyridine rings is 1. The number of carbonyl (C=O) groups excluding carboxylic acids is 1. The Morgan fingerprint density at radius 3 is 2.78 bits per heavy atom. The Kier molecular flexibility index (Phi) is 3.80. The maximum absolute atomic E-state index is 12.3. The number of para-hydroxylation sites is 1. The molecule has 7 heteroatoms. The smallest absolute Gasteiger partial charge is 0.261 e. The number of nitrogens with one attached hydrogen (secondary N) is 1. The predicted octanol–water partition coefficient (Wildman–Crippen LogP) is 1.30. The van der Waals surface area contributed by atoms with Gasteiger partial charge in [-0.15, -0.1) is 0 Å². The first kappa shape index (κ1) is 14.4. The van der Waals surface area contributed by atoms with Crippen molar-refractivity contribution >= 4 is 22.6 Å². The summed E-state index contributed by atoms with van der Waals surface area (Å²) in [6.07, 6.45) is 2.70. The highest BCUT2D eigenvalue weighted by Gasteiger charge is 2.08. The average Bonchev–Trinajstić information content (AvgIpc) is 2.58. The van der Waals surface area contributed by atoms with E-state index in [0.717, 1.165) is 0 Å². The van der Waals surface area contributed by atoms with Crippen LogP contribution >= 0.6 is 0 Å². The summed E-state index contributed by atoms with van der Waals surface area (Å²) in [5.41, 5.74) is 0.708. The minimum Gasteiger partial charge on any atom is -0.309 e. The number of hydrogen-bond donors (Lipinski definition) is 1. The quantitative estimate of drug-likeness (QED) is 0.786. The highest BCUT2D eigenvalue weighted by atomic mass is 16.2. The van der Waals surface area contributed by atoms with Crippen molar-refractivity contribution in [2.24, 2.45) is 0 Å². The van der Waals surface area contributed by atoms with Crippen molar-refractivity contribution in [3.05, 3.63) is 64.8 Å². The van der Waals surface area contributed by atoms with Crippen LogP contribution in [0.5, 0.6) is 0 Å². The van der Waals surface area contributed by atoms with Gasteiger partial charge in [-0.2, -0.15) is 5.26 Å². The van der Waals surface area contributed by atoms with Crippen LogP contribution in [0.4, 0.5) is 5.82 Å². The van der Waals surface area contributed by atoms with Crippen molar-refractivity contribution in [3.63, 3.8) is 0 Å². The fourth-order valence-corrected chi connectivity index (χ4v) is 2.09. The summed E-state index contributed by atoms with van der Waals surface area (Å²) in [7, 11) is 0. The predicted molar refractivity (Wildman–Crippen MR) is 83.6 cm³/mol. The van der Waals surface area contributed by atoms with Gasteiger partial charge < -0.3 is 5.32 Å². The number of aromatic nitrogens is 3. The van der Waals surface area contributed by atoms with E-state index in [9.17, 15) is 9.59 Å². The molecule has 0 aliphatic rings. The van der Waals surface area contributed by atoms with E-state index in [0.29, 0.717) is 22.3 Å². The molecule has 1 aromatic carbocycles. The molecule has 0 aliphatic carbocycles. The molecular weight excluding hydrogens is 294 g/mol. The van der Waals surface area contributed by atoms with E-state index in [4.69, 9.17) is 5.26 Å². The first-order valence-corrected chi connectivity index (χ1v) is 6.77. The van der Waals surface area contributed by atoms with Gasteiger partial charge in [0.1, 0.15) is 18.4 Å². The summed E-state index contributed by atoms with van der Waals surface area (Å²) in [6, 6.07) is 12.0. The van der Waals surface area contributed by atoms with Crippen LogP contribution in [0.3, 0.4) is 0 Å². The number of anilines is 1.